The van der Waals surface area contributed by atoms with E-state index in [1.807, 2.05) is 11.8 Å². The van der Waals surface area contributed by atoms with Gasteiger partial charge in [-0.3, -0.25) is 4.79 Å². The van der Waals surface area contributed by atoms with E-state index in [2.05, 4.69) is 4.74 Å². The molecule has 0 saturated heterocycles. The van der Waals surface area contributed by atoms with Gasteiger partial charge in [-0.25, -0.2) is 0 Å². The highest BCUT2D eigenvalue weighted by atomic mass is 19.4. The molecule has 0 aromatic heterocycles. The first-order valence-electron chi connectivity index (χ1n) is 7.65. The first-order valence-corrected chi connectivity index (χ1v) is 7.65. The smallest absolute Gasteiger partial charge is 0.460 e. The van der Waals surface area contributed by atoms with Gasteiger partial charge in [0.15, 0.2) is 0 Å². The van der Waals surface area contributed by atoms with Crippen LogP contribution in [0.3, 0.4) is 0 Å². The van der Waals surface area contributed by atoms with Crippen molar-refractivity contribution < 1.29 is 66.6 Å². The van der Waals surface area contributed by atoms with E-state index in [0.717, 1.165) is 0 Å². The summed E-state index contributed by atoms with van der Waals surface area (Å²) in [5.74, 6) is -36.4. The Bertz CT molecular complexity index is 709. The van der Waals surface area contributed by atoms with E-state index in [4.69, 9.17) is 12.8 Å². The Labute approximate surface area is 166 Å². The second-order valence-corrected chi connectivity index (χ2v) is 5.93. The Hall–Kier alpha value is -2.32. The van der Waals surface area contributed by atoms with Gasteiger partial charge in [-0.05, 0) is 0 Å². The minimum Gasteiger partial charge on any atom is -0.465 e. The van der Waals surface area contributed by atoms with Crippen molar-refractivity contribution in [2.45, 2.75) is 55.1 Å². The van der Waals surface area contributed by atoms with Crippen LogP contribution in [0.1, 0.15) is 19.3 Å². The standard InChI is InChI=1S/C16H11F13O2/c1-3-5-9(6-4-2)10(30)31-8-7-11(17,18)12(19,20)13(21,22)14(23,24)15(25,26)16(27,28)29/h1-2,9H,5-8H2. The lowest BCUT2D eigenvalue weighted by molar-refractivity contribution is -0.440. The number of terminal acetylenes is 2. The van der Waals surface area contributed by atoms with Crippen LogP contribution >= 0.6 is 0 Å². The SMILES string of the molecule is C#CCC(CC#C)C(=O)OCCC(F)(F)C(F)(F)C(F)(F)C(F)(F)C(F)(F)C(F)(F)F. The number of esters is 1. The Kier molecular flexibility index (Phi) is 8.37. The highest BCUT2D eigenvalue weighted by Gasteiger charge is 2.90. The summed E-state index contributed by atoms with van der Waals surface area (Å²) in [6.07, 6.45) is -1.24. The van der Waals surface area contributed by atoms with Crippen molar-refractivity contribution in [3.63, 3.8) is 0 Å². The van der Waals surface area contributed by atoms with E-state index in [0.29, 0.717) is 0 Å². The third-order valence-electron chi connectivity index (χ3n) is 3.72. The molecule has 0 unspecified atom stereocenters. The van der Waals surface area contributed by atoms with Crippen LogP contribution < -0.4 is 0 Å². The number of ether oxygens (including phenoxy) is 1. The predicted molar refractivity (Wildman–Crippen MR) is 76.8 cm³/mol. The minimum atomic E-state index is -7.98. The average molecular weight is 482 g/mol. The molecule has 0 spiro atoms. The predicted octanol–water partition coefficient (Wildman–Crippen LogP) is 5.32. The molecule has 0 aliphatic carbocycles. The zero-order valence-electron chi connectivity index (χ0n) is 14.8. The molecule has 15 heteroatoms. The molecule has 0 heterocycles. The van der Waals surface area contributed by atoms with E-state index in [-0.39, 0.29) is 0 Å². The number of rotatable bonds is 10. The molecule has 0 bridgehead atoms. The van der Waals surface area contributed by atoms with Crippen LogP contribution in [0, 0.1) is 30.6 Å². The van der Waals surface area contributed by atoms with Crippen LogP contribution in [0.25, 0.3) is 0 Å². The fourth-order valence-electron chi connectivity index (χ4n) is 1.88. The van der Waals surface area contributed by atoms with Gasteiger partial charge in [0.05, 0.1) is 18.9 Å². The normalized spacial score (nSPS) is 14.2. The molecule has 0 aromatic rings. The largest absolute Gasteiger partial charge is 0.465 e. The third-order valence-corrected chi connectivity index (χ3v) is 3.72. The van der Waals surface area contributed by atoms with Gasteiger partial charge in [0.25, 0.3) is 0 Å². The average Bonchev–Trinajstić information content (AvgIpc) is 2.59. The summed E-state index contributed by atoms with van der Waals surface area (Å²) >= 11 is 0. The van der Waals surface area contributed by atoms with Gasteiger partial charge in [0.2, 0.25) is 0 Å². The Morgan fingerprint density at radius 2 is 1.10 bits per heavy atom. The Morgan fingerprint density at radius 1 is 0.710 bits per heavy atom. The fraction of sp³-hybridized carbons (Fsp3) is 0.688. The molecule has 0 atom stereocenters. The summed E-state index contributed by atoms with van der Waals surface area (Å²) in [5, 5.41) is 0. The molecule has 31 heavy (non-hydrogen) atoms. The maximum atomic E-state index is 13.5. The second kappa shape index (κ2) is 9.04. The number of alkyl halides is 13. The van der Waals surface area contributed by atoms with Crippen molar-refractivity contribution >= 4 is 5.97 Å². The van der Waals surface area contributed by atoms with Crippen LogP contribution in [0.5, 0.6) is 0 Å². The van der Waals surface area contributed by atoms with Crippen LogP contribution in [0.2, 0.25) is 0 Å². The molecule has 0 N–H and O–H groups in total. The van der Waals surface area contributed by atoms with Gasteiger partial charge >= 0.3 is 41.8 Å². The van der Waals surface area contributed by atoms with Gasteiger partial charge in [0, 0.05) is 12.8 Å². The fourth-order valence-corrected chi connectivity index (χ4v) is 1.88. The molecule has 0 radical (unpaired) electrons. The Morgan fingerprint density at radius 3 is 1.45 bits per heavy atom. The maximum Gasteiger partial charge on any atom is 0.460 e. The molecule has 0 aliphatic heterocycles. The van der Waals surface area contributed by atoms with E-state index in [1.165, 1.54) is 0 Å². The molecule has 0 aliphatic rings. The van der Waals surface area contributed by atoms with Gasteiger partial charge in [0.1, 0.15) is 0 Å². The summed E-state index contributed by atoms with van der Waals surface area (Å²) < 4.78 is 172. The monoisotopic (exact) mass is 482 g/mol. The van der Waals surface area contributed by atoms with Crippen molar-refractivity contribution in [3.05, 3.63) is 0 Å². The third kappa shape index (κ3) is 5.13. The van der Waals surface area contributed by atoms with E-state index < -0.39 is 73.5 Å². The first-order chi connectivity index (χ1) is 13.7. The Balaban J connectivity index is 5.67. The van der Waals surface area contributed by atoms with E-state index in [9.17, 15) is 61.9 Å². The van der Waals surface area contributed by atoms with Gasteiger partial charge in [-0.1, -0.05) is 0 Å². The van der Waals surface area contributed by atoms with Crippen molar-refractivity contribution in [1.82, 2.24) is 0 Å². The number of carbonyl (C=O) groups excluding carboxylic acids is 1. The zero-order valence-corrected chi connectivity index (χ0v) is 14.8. The quantitative estimate of drug-likeness (QED) is 0.240. The summed E-state index contributed by atoms with van der Waals surface area (Å²) in [6.45, 7) is -1.84. The van der Waals surface area contributed by atoms with Gasteiger partial charge < -0.3 is 4.74 Å². The second-order valence-electron chi connectivity index (χ2n) is 5.93. The van der Waals surface area contributed by atoms with Crippen LogP contribution in [0.15, 0.2) is 0 Å². The minimum absolute atomic E-state index is 0.424. The summed E-state index contributed by atoms with van der Waals surface area (Å²) in [5.41, 5.74) is 0. The lowest BCUT2D eigenvalue weighted by Gasteiger charge is -2.39. The highest BCUT2D eigenvalue weighted by Crippen LogP contribution is 2.60. The lowest BCUT2D eigenvalue weighted by Crippen LogP contribution is -2.70. The number of hydrogen-bond acceptors (Lipinski definition) is 2. The number of carbonyl (C=O) groups is 1. The number of hydrogen-bond donors (Lipinski definition) is 0. The molecule has 0 saturated carbocycles. The zero-order chi connectivity index (χ0) is 25.1. The number of halogens is 13. The van der Waals surface area contributed by atoms with Crippen LogP contribution in [0.4, 0.5) is 57.1 Å². The van der Waals surface area contributed by atoms with Crippen molar-refractivity contribution in [2.75, 3.05) is 6.61 Å². The molecule has 0 amide bonds. The van der Waals surface area contributed by atoms with Crippen LogP contribution in [-0.2, 0) is 9.53 Å². The van der Waals surface area contributed by atoms with Crippen molar-refractivity contribution in [3.8, 4) is 24.7 Å². The maximum absolute atomic E-state index is 13.5. The molecule has 178 valence electrons. The van der Waals surface area contributed by atoms with Crippen molar-refractivity contribution in [2.24, 2.45) is 5.92 Å². The molecular weight excluding hydrogens is 471 g/mol. The van der Waals surface area contributed by atoms with Crippen molar-refractivity contribution in [1.29, 1.82) is 0 Å². The summed E-state index contributed by atoms with van der Waals surface area (Å²) in [4.78, 5) is 11.5. The van der Waals surface area contributed by atoms with Gasteiger partial charge in [-0.15, -0.1) is 24.7 Å². The first kappa shape index (κ1) is 28.7. The molecule has 2 nitrogen and oxygen atoms in total. The topological polar surface area (TPSA) is 26.3 Å². The summed E-state index contributed by atoms with van der Waals surface area (Å²) in [6, 6.07) is 0. The highest BCUT2D eigenvalue weighted by molar-refractivity contribution is 5.73. The molecule has 0 rings (SSSR count). The lowest BCUT2D eigenvalue weighted by atomic mass is 9.93. The van der Waals surface area contributed by atoms with Gasteiger partial charge in [-0.2, -0.15) is 57.1 Å². The van der Waals surface area contributed by atoms with Crippen LogP contribution in [-0.4, -0.2) is 48.4 Å². The van der Waals surface area contributed by atoms with E-state index >= 15 is 0 Å². The molecule has 0 fully saturated rings. The molecular formula is C16H11F13O2. The molecule has 0 aromatic carbocycles. The van der Waals surface area contributed by atoms with E-state index in [1.54, 1.807) is 0 Å². The summed E-state index contributed by atoms with van der Waals surface area (Å²) in [7, 11) is 0.